The van der Waals surface area contributed by atoms with Gasteiger partial charge in [-0.05, 0) is 11.6 Å². The molecule has 13 heavy (non-hydrogen) atoms. The molecule has 0 atom stereocenters. The Balaban J connectivity index is 3.06. The van der Waals surface area contributed by atoms with Gasteiger partial charge >= 0.3 is 6.61 Å². The number of ether oxygens (including phenoxy) is 1. The van der Waals surface area contributed by atoms with E-state index in [-0.39, 0.29) is 15.6 Å². The molecule has 0 N–H and O–H groups in total. The molecule has 1 rings (SSSR count). The highest BCUT2D eigenvalue weighted by atomic mass is 35.5. The quantitative estimate of drug-likeness (QED) is 0.597. The lowest BCUT2D eigenvalue weighted by Gasteiger charge is -2.06. The van der Waals surface area contributed by atoms with Crippen LogP contribution in [0.1, 0.15) is 0 Å². The third-order valence-electron chi connectivity index (χ3n) is 0.963. The lowest BCUT2D eigenvalue weighted by atomic mass is 10.6. The maximum atomic E-state index is 11.8. The summed E-state index contributed by atoms with van der Waals surface area (Å²) in [6.07, 6.45) is 0. The maximum Gasteiger partial charge on any atom is 0.387 e. The van der Waals surface area contributed by atoms with Crippen molar-refractivity contribution in [2.45, 2.75) is 6.61 Å². The Kier molecular flexibility index (Phi) is 3.47. The van der Waals surface area contributed by atoms with Crippen LogP contribution in [-0.2, 0) is 0 Å². The van der Waals surface area contributed by atoms with Crippen LogP contribution in [0.2, 0.25) is 15.6 Å². The molecular weight excluding hydrogens is 248 g/mol. The van der Waals surface area contributed by atoms with Crippen molar-refractivity contribution >= 4 is 34.8 Å². The average Bonchev–Trinajstić information content (AvgIpc) is 1.96. The zero-order chi connectivity index (χ0) is 10.0. The van der Waals surface area contributed by atoms with Gasteiger partial charge in [-0.2, -0.15) is 8.78 Å². The van der Waals surface area contributed by atoms with Gasteiger partial charge in [0, 0.05) is 0 Å². The molecule has 0 fully saturated rings. The molecule has 1 aromatic rings. The summed E-state index contributed by atoms with van der Waals surface area (Å²) < 4.78 is 27.5. The topological polar surface area (TPSA) is 35.0 Å². The molecule has 0 aliphatic heterocycles. The Hall–Kier alpha value is -0.390. The molecule has 0 saturated carbocycles. The molecule has 0 bridgehead atoms. The molecule has 1 heterocycles. The summed E-state index contributed by atoms with van der Waals surface area (Å²) in [5, 5.41) is -0.952. The molecule has 0 aliphatic rings. The fraction of sp³-hybridized carbons (Fsp3) is 0.200. The number of rotatable bonds is 2. The predicted octanol–water partition coefficient (Wildman–Crippen LogP) is 3.04. The van der Waals surface area contributed by atoms with Crippen LogP contribution in [0.25, 0.3) is 0 Å². The van der Waals surface area contributed by atoms with Gasteiger partial charge in [-0.15, -0.1) is 0 Å². The Bertz CT molecular complexity index is 300. The highest BCUT2D eigenvalue weighted by molar-refractivity contribution is 6.37. The summed E-state index contributed by atoms with van der Waals surface area (Å²) in [5.74, 6) is -0.484. The second kappa shape index (κ2) is 4.21. The second-order valence-electron chi connectivity index (χ2n) is 1.78. The molecule has 0 amide bonds. The van der Waals surface area contributed by atoms with E-state index in [1.165, 1.54) is 0 Å². The molecule has 3 nitrogen and oxygen atoms in total. The smallest absolute Gasteiger partial charge is 0.387 e. The summed E-state index contributed by atoms with van der Waals surface area (Å²) in [7, 11) is 0. The van der Waals surface area contributed by atoms with Crippen molar-refractivity contribution in [1.29, 1.82) is 0 Å². The number of hydrogen-bond donors (Lipinski definition) is 0. The summed E-state index contributed by atoms with van der Waals surface area (Å²) in [6, 6.07) is 0. The standard InChI is InChI=1S/C5HCl3F2N2O/c6-2-1(13-5(9)10)3(7)12-4(8)11-2/h5H. The normalized spacial score (nSPS) is 10.6. The highest BCUT2D eigenvalue weighted by Gasteiger charge is 2.16. The lowest BCUT2D eigenvalue weighted by molar-refractivity contribution is -0.0501. The number of hydrogen-bond acceptors (Lipinski definition) is 3. The molecule has 8 heteroatoms. The Morgan fingerprint density at radius 3 is 1.92 bits per heavy atom. The van der Waals surface area contributed by atoms with Crippen LogP contribution in [0.4, 0.5) is 8.78 Å². The molecule has 0 radical (unpaired) electrons. The number of halogens is 5. The second-order valence-corrected chi connectivity index (χ2v) is 2.84. The lowest BCUT2D eigenvalue weighted by Crippen LogP contribution is -2.04. The first kappa shape index (κ1) is 10.7. The monoisotopic (exact) mass is 248 g/mol. The van der Waals surface area contributed by atoms with Gasteiger partial charge in [-0.1, -0.05) is 23.2 Å². The van der Waals surface area contributed by atoms with Crippen LogP contribution in [-0.4, -0.2) is 16.6 Å². The van der Waals surface area contributed by atoms with E-state index in [9.17, 15) is 8.78 Å². The van der Waals surface area contributed by atoms with Crippen molar-refractivity contribution < 1.29 is 13.5 Å². The minimum Gasteiger partial charge on any atom is -0.428 e. The number of nitrogens with zero attached hydrogens (tertiary/aromatic N) is 2. The zero-order valence-electron chi connectivity index (χ0n) is 5.77. The van der Waals surface area contributed by atoms with Crippen molar-refractivity contribution in [2.75, 3.05) is 0 Å². The summed E-state index contributed by atoms with van der Waals surface area (Å²) in [4.78, 5) is 6.73. The van der Waals surface area contributed by atoms with Crippen LogP contribution in [0.5, 0.6) is 5.75 Å². The molecular formula is C5HCl3F2N2O. The van der Waals surface area contributed by atoms with Crippen LogP contribution >= 0.6 is 34.8 Å². The van der Waals surface area contributed by atoms with Gasteiger partial charge in [0.15, 0.2) is 10.3 Å². The van der Waals surface area contributed by atoms with Gasteiger partial charge in [-0.25, -0.2) is 9.97 Å². The summed E-state index contributed by atoms with van der Waals surface area (Å²) >= 11 is 16.1. The Morgan fingerprint density at radius 2 is 1.54 bits per heavy atom. The van der Waals surface area contributed by atoms with E-state index >= 15 is 0 Å². The maximum absolute atomic E-state index is 11.8. The predicted molar refractivity (Wildman–Crippen MR) is 43.7 cm³/mol. The van der Waals surface area contributed by atoms with E-state index in [1.54, 1.807) is 0 Å². The molecule has 0 aromatic carbocycles. The fourth-order valence-corrected chi connectivity index (χ4v) is 1.29. The largest absolute Gasteiger partial charge is 0.428 e. The van der Waals surface area contributed by atoms with Crippen molar-refractivity contribution in [3.05, 3.63) is 15.6 Å². The van der Waals surface area contributed by atoms with E-state index in [2.05, 4.69) is 14.7 Å². The molecule has 0 spiro atoms. The molecule has 0 saturated heterocycles. The molecule has 0 unspecified atom stereocenters. The summed E-state index contributed by atoms with van der Waals surface area (Å²) in [6.45, 7) is -3.04. The Morgan fingerprint density at radius 1 is 1.08 bits per heavy atom. The number of alkyl halides is 2. The zero-order valence-corrected chi connectivity index (χ0v) is 8.04. The molecule has 1 aromatic heterocycles. The number of aromatic nitrogens is 2. The summed E-state index contributed by atoms with van der Waals surface area (Å²) in [5.41, 5.74) is 0. The fourth-order valence-electron chi connectivity index (χ4n) is 0.560. The molecule has 0 aliphatic carbocycles. The van der Waals surface area contributed by atoms with Gasteiger partial charge in [0.2, 0.25) is 11.0 Å². The molecule has 72 valence electrons. The van der Waals surface area contributed by atoms with E-state index < -0.39 is 12.4 Å². The van der Waals surface area contributed by atoms with E-state index in [1.807, 2.05) is 0 Å². The van der Waals surface area contributed by atoms with Gasteiger partial charge < -0.3 is 4.74 Å². The Labute approximate surface area is 86.6 Å². The van der Waals surface area contributed by atoms with Gasteiger partial charge in [0.05, 0.1) is 0 Å². The van der Waals surface area contributed by atoms with Gasteiger partial charge in [0.1, 0.15) is 0 Å². The first-order valence-electron chi connectivity index (χ1n) is 2.84. The van der Waals surface area contributed by atoms with Crippen molar-refractivity contribution in [1.82, 2.24) is 9.97 Å². The first-order chi connectivity index (χ1) is 6.00. The van der Waals surface area contributed by atoms with Crippen molar-refractivity contribution in [2.24, 2.45) is 0 Å². The van der Waals surface area contributed by atoms with Crippen LogP contribution in [0, 0.1) is 0 Å². The van der Waals surface area contributed by atoms with E-state index in [0.717, 1.165) is 0 Å². The van der Waals surface area contributed by atoms with E-state index in [0.29, 0.717) is 0 Å². The minimum atomic E-state index is -3.04. The van der Waals surface area contributed by atoms with E-state index in [4.69, 9.17) is 34.8 Å². The van der Waals surface area contributed by atoms with Crippen LogP contribution in [0.3, 0.4) is 0 Å². The van der Waals surface area contributed by atoms with Gasteiger partial charge in [-0.3, -0.25) is 0 Å². The van der Waals surface area contributed by atoms with Gasteiger partial charge in [0.25, 0.3) is 0 Å². The SMILES string of the molecule is FC(F)Oc1c(Cl)nc(Cl)nc1Cl. The third kappa shape index (κ3) is 2.79. The van der Waals surface area contributed by atoms with Crippen molar-refractivity contribution in [3.8, 4) is 5.75 Å². The first-order valence-corrected chi connectivity index (χ1v) is 3.97. The van der Waals surface area contributed by atoms with Crippen LogP contribution < -0.4 is 4.74 Å². The third-order valence-corrected chi connectivity index (χ3v) is 1.64. The minimum absolute atomic E-state index is 0.239. The highest BCUT2D eigenvalue weighted by Crippen LogP contribution is 2.31. The van der Waals surface area contributed by atoms with Crippen molar-refractivity contribution in [3.63, 3.8) is 0 Å². The average molecular weight is 249 g/mol. The van der Waals surface area contributed by atoms with Crippen LogP contribution in [0.15, 0.2) is 0 Å².